The van der Waals surface area contributed by atoms with Crippen LogP contribution in [0.15, 0.2) is 42.0 Å². The van der Waals surface area contributed by atoms with E-state index in [1.54, 1.807) is 24.3 Å². The summed E-state index contributed by atoms with van der Waals surface area (Å²) in [4.78, 5) is 14.7. The number of rotatable bonds is 12. The van der Waals surface area contributed by atoms with Crippen LogP contribution in [0.5, 0.6) is 0 Å². The van der Waals surface area contributed by atoms with E-state index < -0.39 is 23.1 Å². The van der Waals surface area contributed by atoms with E-state index >= 15 is 0 Å². The molecule has 1 fully saturated rings. The number of carbonyl (C=O) groups is 1. The lowest BCUT2D eigenvalue weighted by Gasteiger charge is -2.26. The van der Waals surface area contributed by atoms with E-state index in [1.165, 1.54) is 6.07 Å². The van der Waals surface area contributed by atoms with Gasteiger partial charge in [-0.3, -0.25) is 4.79 Å². The SMILES string of the molecule is N#C/C(C(=O)CCCOCCOCCO)=C(\c1ccc2ccccc2c1N1CCCC1)C(F)(F)F. The lowest BCUT2D eigenvalue weighted by atomic mass is 9.91. The van der Waals surface area contributed by atoms with Crippen LogP contribution < -0.4 is 4.90 Å². The van der Waals surface area contributed by atoms with Crippen LogP contribution in [-0.4, -0.2) is 63.2 Å². The molecule has 1 aliphatic rings. The van der Waals surface area contributed by atoms with Gasteiger partial charge in [0.15, 0.2) is 5.78 Å². The number of allylic oxidation sites excluding steroid dienone is 2. The van der Waals surface area contributed by atoms with Crippen molar-refractivity contribution in [3.8, 4) is 6.07 Å². The van der Waals surface area contributed by atoms with Gasteiger partial charge in [0.25, 0.3) is 0 Å². The van der Waals surface area contributed by atoms with Crippen LogP contribution >= 0.6 is 0 Å². The number of ketones is 1. The maximum absolute atomic E-state index is 14.4. The van der Waals surface area contributed by atoms with Gasteiger partial charge in [0, 0.05) is 37.1 Å². The first-order valence-corrected chi connectivity index (χ1v) is 11.7. The molecular formula is C26H29F3N2O4. The highest BCUT2D eigenvalue weighted by Gasteiger charge is 2.41. The molecule has 0 radical (unpaired) electrons. The van der Waals surface area contributed by atoms with Crippen molar-refractivity contribution in [1.82, 2.24) is 0 Å². The fraction of sp³-hybridized carbons (Fsp3) is 0.462. The number of hydrogen-bond acceptors (Lipinski definition) is 6. The molecule has 0 saturated carbocycles. The highest BCUT2D eigenvalue weighted by molar-refractivity contribution is 6.10. The number of fused-ring (bicyclic) bond motifs is 1. The minimum atomic E-state index is -4.89. The van der Waals surface area contributed by atoms with Crippen molar-refractivity contribution in [3.63, 3.8) is 0 Å². The number of aliphatic hydroxyl groups excluding tert-OH is 1. The Hall–Kier alpha value is -2.93. The maximum Gasteiger partial charge on any atom is 0.418 e. The van der Waals surface area contributed by atoms with Crippen molar-refractivity contribution >= 4 is 27.8 Å². The van der Waals surface area contributed by atoms with Gasteiger partial charge in [-0.05, 0) is 24.6 Å². The third kappa shape index (κ3) is 6.82. The van der Waals surface area contributed by atoms with Gasteiger partial charge in [0.1, 0.15) is 11.6 Å². The zero-order chi connectivity index (χ0) is 25.3. The monoisotopic (exact) mass is 490 g/mol. The molecule has 6 nitrogen and oxygen atoms in total. The Balaban J connectivity index is 1.91. The average molecular weight is 491 g/mol. The average Bonchev–Trinajstić information content (AvgIpc) is 3.37. The number of nitriles is 1. The fourth-order valence-corrected chi connectivity index (χ4v) is 4.27. The summed E-state index contributed by atoms with van der Waals surface area (Å²) in [5.74, 6) is -0.861. The topological polar surface area (TPSA) is 82.8 Å². The van der Waals surface area contributed by atoms with Crippen LogP contribution in [0, 0.1) is 11.3 Å². The summed E-state index contributed by atoms with van der Waals surface area (Å²) in [7, 11) is 0. The molecule has 2 aromatic carbocycles. The largest absolute Gasteiger partial charge is 0.418 e. The van der Waals surface area contributed by atoms with Gasteiger partial charge >= 0.3 is 6.18 Å². The first kappa shape index (κ1) is 26.7. The molecule has 1 heterocycles. The Bertz CT molecular complexity index is 1090. The summed E-state index contributed by atoms with van der Waals surface area (Å²) in [6.45, 7) is 1.95. The van der Waals surface area contributed by atoms with E-state index in [4.69, 9.17) is 14.6 Å². The minimum absolute atomic E-state index is 0.101. The number of Topliss-reactive ketones (excluding diaryl/α,β-unsaturated/α-hetero) is 1. The van der Waals surface area contributed by atoms with Gasteiger partial charge in [-0.25, -0.2) is 0 Å². The first-order valence-electron chi connectivity index (χ1n) is 11.7. The summed E-state index contributed by atoms with van der Waals surface area (Å²) in [6, 6.07) is 11.7. The molecular weight excluding hydrogens is 461 g/mol. The van der Waals surface area contributed by atoms with Gasteiger partial charge < -0.3 is 19.5 Å². The Kier molecular flexibility index (Phi) is 9.66. The Morgan fingerprint density at radius 2 is 1.71 bits per heavy atom. The van der Waals surface area contributed by atoms with Crippen molar-refractivity contribution in [2.75, 3.05) is 51.0 Å². The number of nitrogens with zero attached hydrogens (tertiary/aromatic N) is 2. The number of benzene rings is 2. The third-order valence-electron chi connectivity index (χ3n) is 5.82. The van der Waals surface area contributed by atoms with Crippen LogP contribution in [0.1, 0.15) is 31.2 Å². The van der Waals surface area contributed by atoms with Crippen molar-refractivity contribution in [2.45, 2.75) is 31.9 Å². The Morgan fingerprint density at radius 1 is 1.03 bits per heavy atom. The van der Waals surface area contributed by atoms with E-state index in [9.17, 15) is 23.2 Å². The zero-order valence-electron chi connectivity index (χ0n) is 19.4. The number of alkyl halides is 3. The third-order valence-corrected chi connectivity index (χ3v) is 5.82. The van der Waals surface area contributed by atoms with Crippen LogP contribution in [0.3, 0.4) is 0 Å². The lowest BCUT2D eigenvalue weighted by molar-refractivity contribution is -0.116. The number of aliphatic hydroxyl groups is 1. The highest BCUT2D eigenvalue weighted by Crippen LogP contribution is 2.44. The summed E-state index contributed by atoms with van der Waals surface area (Å²) < 4.78 is 53.6. The number of carbonyl (C=O) groups excluding carboxylic acids is 1. The van der Waals surface area contributed by atoms with E-state index in [0.29, 0.717) is 24.2 Å². The molecule has 0 unspecified atom stereocenters. The fourth-order valence-electron chi connectivity index (χ4n) is 4.27. The second-order valence-corrected chi connectivity index (χ2v) is 8.21. The Labute approximate surface area is 202 Å². The van der Waals surface area contributed by atoms with E-state index in [1.807, 2.05) is 17.0 Å². The predicted octanol–water partition coefficient (Wildman–Crippen LogP) is 4.65. The summed E-state index contributed by atoms with van der Waals surface area (Å²) in [5, 5.41) is 19.8. The van der Waals surface area contributed by atoms with Gasteiger partial charge in [-0.2, -0.15) is 18.4 Å². The molecule has 3 rings (SSSR count). The van der Waals surface area contributed by atoms with Crippen molar-refractivity contribution in [3.05, 3.63) is 47.5 Å². The molecule has 0 amide bonds. The molecule has 1 N–H and O–H groups in total. The quantitative estimate of drug-likeness (QED) is 0.265. The normalized spacial score (nSPS) is 14.8. The van der Waals surface area contributed by atoms with Gasteiger partial charge in [-0.1, -0.05) is 36.4 Å². The lowest BCUT2D eigenvalue weighted by Crippen LogP contribution is -2.23. The Morgan fingerprint density at radius 3 is 2.37 bits per heavy atom. The molecule has 0 bridgehead atoms. The number of ether oxygens (including phenoxy) is 2. The molecule has 0 spiro atoms. The molecule has 2 aromatic rings. The number of anilines is 1. The molecule has 0 aromatic heterocycles. The summed E-state index contributed by atoms with van der Waals surface area (Å²) >= 11 is 0. The molecule has 0 atom stereocenters. The second-order valence-electron chi connectivity index (χ2n) is 8.21. The van der Waals surface area contributed by atoms with E-state index in [2.05, 4.69) is 0 Å². The smallest absolute Gasteiger partial charge is 0.394 e. The van der Waals surface area contributed by atoms with Gasteiger partial charge in [-0.15, -0.1) is 0 Å². The summed E-state index contributed by atoms with van der Waals surface area (Å²) in [6.07, 6.45) is -3.23. The minimum Gasteiger partial charge on any atom is -0.394 e. The molecule has 188 valence electrons. The first-order chi connectivity index (χ1) is 16.9. The molecule has 9 heteroatoms. The van der Waals surface area contributed by atoms with Crippen LogP contribution in [-0.2, 0) is 14.3 Å². The van der Waals surface area contributed by atoms with Crippen LogP contribution in [0.2, 0.25) is 0 Å². The van der Waals surface area contributed by atoms with E-state index in [0.717, 1.165) is 18.2 Å². The maximum atomic E-state index is 14.4. The molecule has 35 heavy (non-hydrogen) atoms. The standard InChI is InChI=1S/C26H29F3N2O4/c27-26(28,29)24(22(18-30)23(33)8-5-14-34-16-17-35-15-13-32)21-10-9-19-6-1-2-7-20(19)25(21)31-11-3-4-12-31/h1-2,6-7,9-10,32H,3-5,8,11-17H2/b24-22-. The summed E-state index contributed by atoms with van der Waals surface area (Å²) in [5.41, 5.74) is -1.78. The van der Waals surface area contributed by atoms with Gasteiger partial charge in [0.05, 0.1) is 37.7 Å². The van der Waals surface area contributed by atoms with E-state index in [-0.39, 0.29) is 51.4 Å². The molecule has 1 aliphatic heterocycles. The van der Waals surface area contributed by atoms with Crippen LogP contribution in [0.4, 0.5) is 18.9 Å². The second kappa shape index (κ2) is 12.7. The van der Waals surface area contributed by atoms with Crippen molar-refractivity contribution < 1.29 is 32.5 Å². The van der Waals surface area contributed by atoms with Crippen LogP contribution in [0.25, 0.3) is 16.3 Å². The number of halogens is 3. The number of hydrogen-bond donors (Lipinski definition) is 1. The highest BCUT2D eigenvalue weighted by atomic mass is 19.4. The molecule has 0 aliphatic carbocycles. The van der Waals surface area contributed by atoms with Gasteiger partial charge in [0.2, 0.25) is 0 Å². The van der Waals surface area contributed by atoms with Crippen molar-refractivity contribution in [1.29, 1.82) is 5.26 Å². The van der Waals surface area contributed by atoms with Crippen molar-refractivity contribution in [2.24, 2.45) is 0 Å². The zero-order valence-corrected chi connectivity index (χ0v) is 19.4. The predicted molar refractivity (Wildman–Crippen MR) is 127 cm³/mol. The molecule has 1 saturated heterocycles.